The van der Waals surface area contributed by atoms with Crippen LogP contribution in [-0.2, 0) is 13.5 Å². The molecule has 5 aromatic rings. The Morgan fingerprint density at radius 1 is 1.02 bits per heavy atom. The van der Waals surface area contributed by atoms with Crippen LogP contribution >= 0.6 is 0 Å². The van der Waals surface area contributed by atoms with Crippen molar-refractivity contribution in [2.24, 2.45) is 7.05 Å². The molecule has 50 heavy (non-hydrogen) atoms. The first-order chi connectivity index (χ1) is 24.2. The quantitative estimate of drug-likeness (QED) is 0.174. The first kappa shape index (κ1) is 31.8. The highest BCUT2D eigenvalue weighted by Gasteiger charge is 2.47. The Balaban J connectivity index is 1.32. The van der Waals surface area contributed by atoms with Gasteiger partial charge in [-0.25, -0.2) is 18.7 Å². The van der Waals surface area contributed by atoms with E-state index >= 15 is 8.78 Å². The second-order valence-corrected chi connectivity index (χ2v) is 15.5. The molecule has 3 unspecified atom stereocenters. The molecule has 2 bridgehead atoms. The summed E-state index contributed by atoms with van der Waals surface area (Å²) in [6, 6.07) is 7.94. The molecule has 6 heterocycles. The highest BCUT2D eigenvalue weighted by Crippen LogP contribution is 2.47. The van der Waals surface area contributed by atoms with E-state index < -0.39 is 11.6 Å². The minimum Gasteiger partial charge on any atom is -0.347 e. The fraction of sp³-hybridized carbons (Fsp3) is 0.488. The Hall–Kier alpha value is -4.13. The van der Waals surface area contributed by atoms with E-state index in [9.17, 15) is 0 Å². The second-order valence-electron chi connectivity index (χ2n) is 15.5. The molecule has 4 aliphatic heterocycles. The van der Waals surface area contributed by atoms with Gasteiger partial charge in [0, 0.05) is 66.2 Å². The molecule has 9 heteroatoms. The molecule has 4 fully saturated rings. The number of aryl methyl sites for hydroxylation is 3. The summed E-state index contributed by atoms with van der Waals surface area (Å²) in [5.74, 6) is 3.15. The van der Waals surface area contributed by atoms with Gasteiger partial charge in [-0.1, -0.05) is 31.0 Å². The molecular formula is C41H45F2N7. The second kappa shape index (κ2) is 11.7. The van der Waals surface area contributed by atoms with Gasteiger partial charge in [-0.15, -0.1) is 6.42 Å². The van der Waals surface area contributed by atoms with Crippen molar-refractivity contribution in [1.82, 2.24) is 29.5 Å². The van der Waals surface area contributed by atoms with Gasteiger partial charge in [-0.2, -0.15) is 5.10 Å². The normalized spacial score (nSPS) is 23.5. The molecule has 0 N–H and O–H groups in total. The van der Waals surface area contributed by atoms with Gasteiger partial charge in [0.2, 0.25) is 0 Å². The standard InChI is InChI=1S/C41H45F2N7/c1-6-27-30(42)12-10-25-20-24(3)21-28(34(25)27)35-37(43)39-36(29-23-48(5)46-38(29)35)40(50-26-11-13-32(50)31(7-2)47(4)22-26)45-33(44-39)14-17-41-15-8-18-49(41)19-9-16-41/h1,10,12,20-21,23,26,31-32H,7-9,11,13-19,22H2,2-5H3. The van der Waals surface area contributed by atoms with Crippen molar-refractivity contribution in [3.05, 3.63) is 59.0 Å². The van der Waals surface area contributed by atoms with Crippen molar-refractivity contribution in [3.63, 3.8) is 0 Å². The first-order valence-electron chi connectivity index (χ1n) is 18.5. The van der Waals surface area contributed by atoms with Crippen LogP contribution in [0.1, 0.15) is 75.2 Å². The molecule has 2 aromatic heterocycles. The molecular weight excluding hydrogens is 628 g/mol. The minimum absolute atomic E-state index is 0.127. The zero-order chi connectivity index (χ0) is 34.5. The Labute approximate surface area is 292 Å². The Bertz CT molecular complexity index is 2220. The summed E-state index contributed by atoms with van der Waals surface area (Å²) in [4.78, 5) is 18.3. The molecule has 7 nitrogen and oxygen atoms in total. The summed E-state index contributed by atoms with van der Waals surface area (Å²) in [5, 5.41) is 7.69. The molecule has 0 radical (unpaired) electrons. The highest BCUT2D eigenvalue weighted by atomic mass is 19.1. The van der Waals surface area contributed by atoms with Gasteiger partial charge in [0.1, 0.15) is 28.5 Å². The Morgan fingerprint density at radius 3 is 2.58 bits per heavy atom. The third-order valence-corrected chi connectivity index (χ3v) is 12.7. The Kier molecular flexibility index (Phi) is 7.45. The summed E-state index contributed by atoms with van der Waals surface area (Å²) < 4.78 is 34.9. The number of anilines is 1. The van der Waals surface area contributed by atoms with Gasteiger partial charge in [-0.3, -0.25) is 14.5 Å². The van der Waals surface area contributed by atoms with Crippen LogP contribution in [0.2, 0.25) is 0 Å². The molecule has 0 aliphatic carbocycles. The van der Waals surface area contributed by atoms with Crippen LogP contribution < -0.4 is 4.90 Å². The van der Waals surface area contributed by atoms with E-state index in [0.29, 0.717) is 45.8 Å². The van der Waals surface area contributed by atoms with Gasteiger partial charge in [0.25, 0.3) is 0 Å². The summed E-state index contributed by atoms with van der Waals surface area (Å²) in [6.07, 6.45) is 17.6. The van der Waals surface area contributed by atoms with Crippen molar-refractivity contribution < 1.29 is 8.78 Å². The lowest BCUT2D eigenvalue weighted by Crippen LogP contribution is -2.58. The zero-order valence-electron chi connectivity index (χ0n) is 29.6. The number of hydrogen-bond acceptors (Lipinski definition) is 6. The van der Waals surface area contributed by atoms with Crippen molar-refractivity contribution in [1.29, 1.82) is 0 Å². The zero-order valence-corrected chi connectivity index (χ0v) is 29.6. The smallest absolute Gasteiger partial charge is 0.159 e. The van der Waals surface area contributed by atoms with Crippen molar-refractivity contribution in [2.45, 2.75) is 95.3 Å². The van der Waals surface area contributed by atoms with Gasteiger partial charge >= 0.3 is 0 Å². The first-order valence-corrected chi connectivity index (χ1v) is 18.5. The fourth-order valence-corrected chi connectivity index (χ4v) is 10.6. The number of likely N-dealkylation sites (N-methyl/N-ethyl adjacent to an activating group) is 1. The molecule has 0 saturated carbocycles. The molecule has 0 amide bonds. The lowest BCUT2D eigenvalue weighted by Gasteiger charge is -2.46. The van der Waals surface area contributed by atoms with Gasteiger partial charge in [-0.05, 0) is 101 Å². The number of fused-ring (bicyclic) bond motifs is 7. The summed E-state index contributed by atoms with van der Waals surface area (Å²) in [6.45, 7) is 7.50. The van der Waals surface area contributed by atoms with Crippen LogP contribution in [0.4, 0.5) is 14.6 Å². The van der Waals surface area contributed by atoms with Gasteiger partial charge < -0.3 is 4.90 Å². The molecule has 4 aliphatic rings. The SMILES string of the molecule is C#Cc1c(F)ccc2cc(C)cc(-c3c(F)c4nc(CCC56CCCN5CCC6)nc(N5C6CCC5C(CC)N(C)C6)c4c4cn(C)nc34)c12. The maximum Gasteiger partial charge on any atom is 0.159 e. The Morgan fingerprint density at radius 2 is 1.82 bits per heavy atom. The molecule has 258 valence electrons. The van der Waals surface area contributed by atoms with Gasteiger partial charge in [0.05, 0.1) is 10.9 Å². The van der Waals surface area contributed by atoms with Crippen LogP contribution in [0.25, 0.3) is 43.7 Å². The van der Waals surface area contributed by atoms with E-state index in [2.05, 4.69) is 34.6 Å². The third kappa shape index (κ3) is 4.64. The average molecular weight is 674 g/mol. The average Bonchev–Trinajstić information content (AvgIpc) is 3.86. The topological polar surface area (TPSA) is 53.3 Å². The summed E-state index contributed by atoms with van der Waals surface area (Å²) in [5.41, 5.74) is 2.92. The highest BCUT2D eigenvalue weighted by molar-refractivity contribution is 6.18. The maximum atomic E-state index is 17.9. The third-order valence-electron chi connectivity index (χ3n) is 12.7. The number of likely N-dealkylation sites (tertiary alicyclic amines) is 1. The van der Waals surface area contributed by atoms with Crippen LogP contribution in [0, 0.1) is 30.9 Å². The fourth-order valence-electron chi connectivity index (χ4n) is 10.6. The van der Waals surface area contributed by atoms with Crippen molar-refractivity contribution in [3.8, 4) is 23.5 Å². The number of terminal acetylenes is 1. The maximum absolute atomic E-state index is 17.9. The number of hydrogen-bond donors (Lipinski definition) is 0. The number of piperazine rings is 1. The van der Waals surface area contributed by atoms with E-state index in [1.54, 1.807) is 10.7 Å². The van der Waals surface area contributed by atoms with Crippen molar-refractivity contribution >= 4 is 38.4 Å². The van der Waals surface area contributed by atoms with E-state index in [1.807, 2.05) is 32.3 Å². The molecule has 0 spiro atoms. The van der Waals surface area contributed by atoms with Gasteiger partial charge in [0.15, 0.2) is 5.82 Å². The number of nitrogens with zero attached hydrogens (tertiary/aromatic N) is 7. The number of halogens is 2. The van der Waals surface area contributed by atoms with E-state index in [4.69, 9.17) is 21.5 Å². The van der Waals surface area contributed by atoms with Crippen molar-refractivity contribution in [2.75, 3.05) is 31.6 Å². The molecule has 9 rings (SSSR count). The largest absolute Gasteiger partial charge is 0.347 e. The number of aromatic nitrogens is 4. The van der Waals surface area contributed by atoms with Crippen LogP contribution in [0.15, 0.2) is 30.5 Å². The number of benzene rings is 3. The minimum atomic E-state index is -0.501. The van der Waals surface area contributed by atoms with Crippen LogP contribution in [0.3, 0.4) is 0 Å². The van der Waals surface area contributed by atoms with E-state index in [1.165, 1.54) is 31.7 Å². The monoisotopic (exact) mass is 673 g/mol. The van der Waals surface area contributed by atoms with E-state index in [0.717, 1.165) is 72.9 Å². The predicted octanol–water partition coefficient (Wildman–Crippen LogP) is 7.53. The lowest BCUT2D eigenvalue weighted by molar-refractivity contribution is 0.170. The summed E-state index contributed by atoms with van der Waals surface area (Å²) >= 11 is 0. The summed E-state index contributed by atoms with van der Waals surface area (Å²) in [7, 11) is 4.10. The van der Waals surface area contributed by atoms with Crippen LogP contribution in [-0.4, -0.2) is 79.9 Å². The molecule has 3 atom stereocenters. The van der Waals surface area contributed by atoms with E-state index in [-0.39, 0.29) is 23.2 Å². The van der Waals surface area contributed by atoms with Crippen LogP contribution in [0.5, 0.6) is 0 Å². The number of rotatable bonds is 6. The molecule has 4 saturated heterocycles. The predicted molar refractivity (Wildman–Crippen MR) is 196 cm³/mol. The molecule has 3 aromatic carbocycles. The lowest BCUT2D eigenvalue weighted by atomic mass is 9.88.